The van der Waals surface area contributed by atoms with E-state index in [2.05, 4.69) is 15.9 Å². The number of carbonyl (C=O) groups excluding carboxylic acids is 1. The van der Waals surface area contributed by atoms with Crippen molar-refractivity contribution in [2.75, 3.05) is 11.9 Å². The van der Waals surface area contributed by atoms with Crippen LogP contribution in [0.1, 0.15) is 22.8 Å². The number of alkyl halides is 1. The second-order valence-corrected chi connectivity index (χ2v) is 3.55. The lowest BCUT2D eigenvalue weighted by Gasteiger charge is -2.02. The van der Waals surface area contributed by atoms with Gasteiger partial charge in [-0.15, -0.1) is 0 Å². The third-order valence-corrected chi connectivity index (χ3v) is 2.17. The number of benzene rings is 1. The first-order chi connectivity index (χ1) is 7.27. The van der Waals surface area contributed by atoms with Gasteiger partial charge in [0.1, 0.15) is 0 Å². The second kappa shape index (κ2) is 6.40. The molecule has 0 aliphatic carbocycles. The van der Waals surface area contributed by atoms with Gasteiger partial charge in [0.15, 0.2) is 0 Å². The molecule has 0 amide bonds. The Bertz CT molecular complexity index is 358. The zero-order valence-corrected chi connectivity index (χ0v) is 10.2. The number of ether oxygens (including phenoxy) is 1. The van der Waals surface area contributed by atoms with Crippen molar-refractivity contribution < 1.29 is 9.53 Å². The molecular formula is C12H13BrO2. The molecule has 0 saturated carbocycles. The fourth-order valence-electron chi connectivity index (χ4n) is 1.16. The number of hydrogen-bond acceptors (Lipinski definition) is 2. The van der Waals surface area contributed by atoms with Crippen molar-refractivity contribution in [3.63, 3.8) is 0 Å². The summed E-state index contributed by atoms with van der Waals surface area (Å²) in [4.78, 5) is 11.4. The molecule has 1 aromatic carbocycles. The van der Waals surface area contributed by atoms with E-state index >= 15 is 0 Å². The van der Waals surface area contributed by atoms with Gasteiger partial charge in [-0.25, -0.2) is 4.79 Å². The SMILES string of the molecule is CCOC(=O)c1cccc(C=CCBr)c1. The molecule has 1 rings (SSSR count). The molecule has 0 heterocycles. The van der Waals surface area contributed by atoms with E-state index in [1.807, 2.05) is 30.4 Å². The molecule has 0 bridgehead atoms. The highest BCUT2D eigenvalue weighted by Gasteiger charge is 2.05. The first-order valence-electron chi connectivity index (χ1n) is 4.77. The molecule has 0 aliphatic rings. The maximum absolute atomic E-state index is 11.4. The van der Waals surface area contributed by atoms with Crippen LogP contribution in [0.3, 0.4) is 0 Å². The quantitative estimate of drug-likeness (QED) is 0.619. The molecule has 80 valence electrons. The van der Waals surface area contributed by atoms with Crippen LogP contribution in [0.5, 0.6) is 0 Å². The van der Waals surface area contributed by atoms with E-state index in [-0.39, 0.29) is 5.97 Å². The highest BCUT2D eigenvalue weighted by atomic mass is 79.9. The molecule has 0 aromatic heterocycles. The fraction of sp³-hybridized carbons (Fsp3) is 0.250. The van der Waals surface area contributed by atoms with E-state index in [4.69, 9.17) is 4.74 Å². The van der Waals surface area contributed by atoms with Crippen LogP contribution in [0, 0.1) is 0 Å². The Balaban J connectivity index is 2.82. The Morgan fingerprint density at radius 3 is 3.00 bits per heavy atom. The predicted octanol–water partition coefficient (Wildman–Crippen LogP) is 3.27. The maximum atomic E-state index is 11.4. The molecule has 0 aliphatic heterocycles. The Hall–Kier alpha value is -1.09. The summed E-state index contributed by atoms with van der Waals surface area (Å²) in [5, 5.41) is 0.802. The van der Waals surface area contributed by atoms with Gasteiger partial charge in [-0.05, 0) is 24.6 Å². The predicted molar refractivity (Wildman–Crippen MR) is 65.2 cm³/mol. The van der Waals surface area contributed by atoms with Crippen molar-refractivity contribution in [1.29, 1.82) is 0 Å². The van der Waals surface area contributed by atoms with E-state index in [1.54, 1.807) is 13.0 Å². The van der Waals surface area contributed by atoms with Gasteiger partial charge in [0.25, 0.3) is 0 Å². The molecule has 2 nitrogen and oxygen atoms in total. The average Bonchev–Trinajstić information content (AvgIpc) is 2.27. The fourth-order valence-corrected chi connectivity index (χ4v) is 1.35. The van der Waals surface area contributed by atoms with Crippen LogP contribution < -0.4 is 0 Å². The molecule has 0 atom stereocenters. The average molecular weight is 269 g/mol. The molecule has 0 saturated heterocycles. The van der Waals surface area contributed by atoms with Crippen molar-refractivity contribution in [1.82, 2.24) is 0 Å². The number of carbonyl (C=O) groups is 1. The van der Waals surface area contributed by atoms with E-state index in [9.17, 15) is 4.79 Å². The van der Waals surface area contributed by atoms with E-state index in [1.165, 1.54) is 0 Å². The highest BCUT2D eigenvalue weighted by Crippen LogP contribution is 2.08. The molecule has 0 fully saturated rings. The smallest absolute Gasteiger partial charge is 0.338 e. The van der Waals surface area contributed by atoms with E-state index in [0.29, 0.717) is 12.2 Å². The third-order valence-electron chi connectivity index (χ3n) is 1.80. The van der Waals surface area contributed by atoms with Crippen molar-refractivity contribution in [3.05, 3.63) is 41.5 Å². The topological polar surface area (TPSA) is 26.3 Å². The van der Waals surface area contributed by atoms with E-state index < -0.39 is 0 Å². The summed E-state index contributed by atoms with van der Waals surface area (Å²) in [5.74, 6) is -0.272. The van der Waals surface area contributed by atoms with E-state index in [0.717, 1.165) is 10.9 Å². The van der Waals surface area contributed by atoms with Crippen molar-refractivity contribution in [3.8, 4) is 0 Å². The lowest BCUT2D eigenvalue weighted by atomic mass is 10.1. The minimum absolute atomic E-state index is 0.272. The molecule has 0 radical (unpaired) electrons. The Morgan fingerprint density at radius 2 is 2.33 bits per heavy atom. The van der Waals surface area contributed by atoms with Crippen LogP contribution in [0.4, 0.5) is 0 Å². The van der Waals surface area contributed by atoms with Crippen LogP contribution in [-0.4, -0.2) is 17.9 Å². The minimum atomic E-state index is -0.272. The lowest BCUT2D eigenvalue weighted by molar-refractivity contribution is 0.0526. The molecule has 1 aromatic rings. The summed E-state index contributed by atoms with van der Waals surface area (Å²) in [6.07, 6.45) is 3.93. The van der Waals surface area contributed by atoms with Crippen LogP contribution in [0.25, 0.3) is 6.08 Å². The number of allylic oxidation sites excluding steroid dienone is 1. The maximum Gasteiger partial charge on any atom is 0.338 e. The minimum Gasteiger partial charge on any atom is -0.462 e. The number of esters is 1. The van der Waals surface area contributed by atoms with Gasteiger partial charge >= 0.3 is 5.97 Å². The molecule has 15 heavy (non-hydrogen) atoms. The number of hydrogen-bond donors (Lipinski definition) is 0. The zero-order chi connectivity index (χ0) is 11.1. The monoisotopic (exact) mass is 268 g/mol. The zero-order valence-electron chi connectivity index (χ0n) is 8.57. The first kappa shape index (κ1) is 12.0. The third kappa shape index (κ3) is 3.88. The van der Waals surface area contributed by atoms with Crippen molar-refractivity contribution >= 4 is 28.0 Å². The normalized spacial score (nSPS) is 10.5. The van der Waals surface area contributed by atoms with Gasteiger partial charge < -0.3 is 4.74 Å². The molecule has 3 heteroatoms. The number of halogens is 1. The largest absolute Gasteiger partial charge is 0.462 e. The lowest BCUT2D eigenvalue weighted by Crippen LogP contribution is -2.04. The van der Waals surface area contributed by atoms with Gasteiger partial charge in [-0.2, -0.15) is 0 Å². The summed E-state index contributed by atoms with van der Waals surface area (Å²) in [6.45, 7) is 2.20. The molecule has 0 unspecified atom stereocenters. The standard InChI is InChI=1S/C12H13BrO2/c1-2-15-12(14)11-7-3-5-10(9-11)6-4-8-13/h3-7,9H,2,8H2,1H3. The van der Waals surface area contributed by atoms with Gasteiger partial charge in [0, 0.05) is 5.33 Å². The van der Waals surface area contributed by atoms with Gasteiger partial charge in [-0.1, -0.05) is 40.2 Å². The molecule has 0 N–H and O–H groups in total. The Labute approximate surface area is 98.1 Å². The summed E-state index contributed by atoms with van der Waals surface area (Å²) in [5.41, 5.74) is 1.59. The molecular weight excluding hydrogens is 256 g/mol. The summed E-state index contributed by atoms with van der Waals surface area (Å²) in [7, 11) is 0. The van der Waals surface area contributed by atoms with Crippen molar-refractivity contribution in [2.45, 2.75) is 6.92 Å². The summed E-state index contributed by atoms with van der Waals surface area (Å²) in [6, 6.07) is 7.36. The Morgan fingerprint density at radius 1 is 1.53 bits per heavy atom. The van der Waals surface area contributed by atoms with Crippen LogP contribution in [0.2, 0.25) is 0 Å². The summed E-state index contributed by atoms with van der Waals surface area (Å²) < 4.78 is 4.92. The molecule has 0 spiro atoms. The van der Waals surface area contributed by atoms with Crippen LogP contribution in [0.15, 0.2) is 30.3 Å². The summed E-state index contributed by atoms with van der Waals surface area (Å²) >= 11 is 3.30. The van der Waals surface area contributed by atoms with Crippen molar-refractivity contribution in [2.24, 2.45) is 0 Å². The Kier molecular flexibility index (Phi) is 5.12. The number of rotatable bonds is 4. The first-order valence-corrected chi connectivity index (χ1v) is 5.89. The second-order valence-electron chi connectivity index (χ2n) is 2.90. The van der Waals surface area contributed by atoms with Gasteiger partial charge in [-0.3, -0.25) is 0 Å². The van der Waals surface area contributed by atoms with Crippen LogP contribution >= 0.6 is 15.9 Å². The highest BCUT2D eigenvalue weighted by molar-refractivity contribution is 9.09. The van der Waals surface area contributed by atoms with Crippen LogP contribution in [-0.2, 0) is 4.74 Å². The van der Waals surface area contributed by atoms with Gasteiger partial charge in [0.2, 0.25) is 0 Å². The van der Waals surface area contributed by atoms with Gasteiger partial charge in [0.05, 0.1) is 12.2 Å².